The standard InChI is InChI=1S/C19H21ClN2O7S2/c1-4-29-16-6-5-13(22-19(23)7-8-30(22,24)25)10-18(16)31(26,27)21-15-9-12(2)14(20)11-17(15)28-3/h5-6,9-11,21H,4,7-8H2,1-3H3. The van der Waals surface area contributed by atoms with Crippen LogP contribution >= 0.6 is 11.6 Å². The molecule has 1 aliphatic rings. The van der Waals surface area contributed by atoms with Gasteiger partial charge in [0, 0.05) is 17.5 Å². The van der Waals surface area contributed by atoms with Gasteiger partial charge in [-0.1, -0.05) is 11.6 Å². The number of rotatable bonds is 7. The van der Waals surface area contributed by atoms with Crippen LogP contribution in [0.2, 0.25) is 5.02 Å². The van der Waals surface area contributed by atoms with E-state index in [-0.39, 0.29) is 46.5 Å². The Kier molecular flexibility index (Phi) is 6.40. The molecule has 1 aliphatic heterocycles. The van der Waals surface area contributed by atoms with Gasteiger partial charge in [0.05, 0.1) is 30.8 Å². The summed E-state index contributed by atoms with van der Waals surface area (Å²) in [7, 11) is -6.76. The molecular formula is C19H21ClN2O7S2. The maximum absolute atomic E-state index is 13.2. The fraction of sp³-hybridized carbons (Fsp3) is 0.316. The van der Waals surface area contributed by atoms with E-state index in [0.29, 0.717) is 14.9 Å². The van der Waals surface area contributed by atoms with E-state index in [0.717, 1.165) is 6.07 Å². The lowest BCUT2D eigenvalue weighted by atomic mass is 10.2. The van der Waals surface area contributed by atoms with E-state index < -0.39 is 26.0 Å². The Morgan fingerprint density at radius 2 is 1.90 bits per heavy atom. The predicted molar refractivity (Wildman–Crippen MR) is 117 cm³/mol. The van der Waals surface area contributed by atoms with Gasteiger partial charge < -0.3 is 9.47 Å². The number of anilines is 2. The Morgan fingerprint density at radius 3 is 2.48 bits per heavy atom. The van der Waals surface area contributed by atoms with Gasteiger partial charge in [0.2, 0.25) is 15.9 Å². The van der Waals surface area contributed by atoms with Gasteiger partial charge in [-0.15, -0.1) is 0 Å². The van der Waals surface area contributed by atoms with Crippen LogP contribution in [0.3, 0.4) is 0 Å². The summed E-state index contributed by atoms with van der Waals surface area (Å²) >= 11 is 6.08. The Balaban J connectivity index is 2.12. The molecule has 1 fully saturated rings. The van der Waals surface area contributed by atoms with Crippen molar-refractivity contribution < 1.29 is 31.1 Å². The average molecular weight is 489 g/mol. The first kappa shape index (κ1) is 23.2. The molecule has 0 aliphatic carbocycles. The largest absolute Gasteiger partial charge is 0.495 e. The van der Waals surface area contributed by atoms with Gasteiger partial charge in [-0.05, 0) is 43.7 Å². The van der Waals surface area contributed by atoms with E-state index in [1.54, 1.807) is 13.8 Å². The lowest BCUT2D eigenvalue weighted by Crippen LogP contribution is -2.29. The fourth-order valence-corrected chi connectivity index (χ4v) is 5.92. The lowest BCUT2D eigenvalue weighted by Gasteiger charge is -2.19. The van der Waals surface area contributed by atoms with Crippen molar-refractivity contribution in [1.29, 1.82) is 0 Å². The second-order valence-electron chi connectivity index (χ2n) is 6.70. The van der Waals surface area contributed by atoms with Gasteiger partial charge in [0.25, 0.3) is 10.0 Å². The fourth-order valence-electron chi connectivity index (χ4n) is 3.09. The van der Waals surface area contributed by atoms with E-state index in [1.807, 2.05) is 0 Å². The number of benzene rings is 2. The molecule has 12 heteroatoms. The summed E-state index contributed by atoms with van der Waals surface area (Å²) in [4.78, 5) is 11.8. The number of ether oxygens (including phenoxy) is 2. The van der Waals surface area contributed by atoms with Crippen molar-refractivity contribution in [2.24, 2.45) is 0 Å². The van der Waals surface area contributed by atoms with E-state index in [2.05, 4.69) is 4.72 Å². The summed E-state index contributed by atoms with van der Waals surface area (Å²) in [6.45, 7) is 3.56. The number of nitrogens with one attached hydrogen (secondary N) is 1. The first-order chi connectivity index (χ1) is 14.5. The third kappa shape index (κ3) is 4.58. The molecule has 1 amide bonds. The van der Waals surface area contributed by atoms with Crippen LogP contribution < -0.4 is 18.5 Å². The van der Waals surface area contributed by atoms with E-state index in [9.17, 15) is 21.6 Å². The van der Waals surface area contributed by atoms with Crippen molar-refractivity contribution in [3.05, 3.63) is 40.9 Å². The summed E-state index contributed by atoms with van der Waals surface area (Å²) < 4.78 is 64.7. The zero-order valence-corrected chi connectivity index (χ0v) is 19.4. The average Bonchev–Trinajstić information content (AvgIpc) is 2.97. The molecule has 9 nitrogen and oxygen atoms in total. The molecule has 1 heterocycles. The van der Waals surface area contributed by atoms with E-state index >= 15 is 0 Å². The summed E-state index contributed by atoms with van der Waals surface area (Å²) in [5, 5.41) is 0.398. The van der Waals surface area contributed by atoms with Gasteiger partial charge >= 0.3 is 0 Å². The number of nitrogens with zero attached hydrogens (tertiary/aromatic N) is 1. The molecule has 3 rings (SSSR count). The number of hydrogen-bond donors (Lipinski definition) is 1. The highest BCUT2D eigenvalue weighted by Crippen LogP contribution is 2.36. The van der Waals surface area contributed by atoms with Gasteiger partial charge in [-0.2, -0.15) is 0 Å². The van der Waals surface area contributed by atoms with E-state index in [4.69, 9.17) is 21.1 Å². The highest BCUT2D eigenvalue weighted by Gasteiger charge is 2.37. The van der Waals surface area contributed by atoms with Crippen LogP contribution in [0.15, 0.2) is 35.2 Å². The topological polar surface area (TPSA) is 119 Å². The molecule has 0 bridgehead atoms. The summed E-state index contributed by atoms with van der Waals surface area (Å²) in [6.07, 6.45) is -0.170. The highest BCUT2D eigenvalue weighted by atomic mass is 35.5. The minimum absolute atomic E-state index is 0.00689. The summed E-state index contributed by atoms with van der Waals surface area (Å²) in [6, 6.07) is 6.74. The van der Waals surface area contributed by atoms with E-state index in [1.165, 1.54) is 31.4 Å². The summed E-state index contributed by atoms with van der Waals surface area (Å²) in [5.41, 5.74) is 0.681. The van der Waals surface area contributed by atoms with Crippen molar-refractivity contribution >= 4 is 48.9 Å². The Bertz CT molecular complexity index is 1240. The van der Waals surface area contributed by atoms with Crippen LogP contribution in [0.25, 0.3) is 0 Å². The highest BCUT2D eigenvalue weighted by molar-refractivity contribution is 7.94. The quantitative estimate of drug-likeness (QED) is 0.636. The molecule has 0 atom stereocenters. The van der Waals surface area contributed by atoms with Gasteiger partial charge in [-0.25, -0.2) is 21.1 Å². The normalized spacial score (nSPS) is 15.7. The van der Waals surface area contributed by atoms with Crippen LogP contribution in [0.4, 0.5) is 11.4 Å². The molecule has 0 spiro atoms. The minimum atomic E-state index is -4.27. The molecular weight excluding hydrogens is 468 g/mol. The second kappa shape index (κ2) is 8.56. The monoisotopic (exact) mass is 488 g/mol. The first-order valence-corrected chi connectivity index (χ1v) is 12.7. The number of carbonyl (C=O) groups is 1. The van der Waals surface area contributed by atoms with Crippen LogP contribution in [-0.4, -0.2) is 42.2 Å². The zero-order chi connectivity index (χ0) is 23.0. The van der Waals surface area contributed by atoms with Crippen LogP contribution in [0, 0.1) is 6.92 Å². The van der Waals surface area contributed by atoms with Crippen molar-refractivity contribution in [2.45, 2.75) is 25.2 Å². The number of aryl methyl sites for hydroxylation is 1. The van der Waals surface area contributed by atoms with Crippen LogP contribution in [0.1, 0.15) is 18.9 Å². The molecule has 2 aromatic carbocycles. The van der Waals surface area contributed by atoms with Gasteiger partial charge in [0.15, 0.2) is 0 Å². The SMILES string of the molecule is CCOc1ccc(N2C(=O)CCS2(=O)=O)cc1S(=O)(=O)Nc1cc(C)c(Cl)cc1OC. The molecule has 0 radical (unpaired) electrons. The number of hydrogen-bond acceptors (Lipinski definition) is 7. The number of amides is 1. The Morgan fingerprint density at radius 1 is 1.19 bits per heavy atom. The second-order valence-corrected chi connectivity index (χ2v) is 10.7. The molecule has 2 aromatic rings. The molecule has 0 aromatic heterocycles. The molecule has 0 saturated carbocycles. The first-order valence-electron chi connectivity index (χ1n) is 9.20. The van der Waals surface area contributed by atoms with Gasteiger partial charge in [-0.3, -0.25) is 9.52 Å². The van der Waals surface area contributed by atoms with Crippen molar-refractivity contribution in [2.75, 3.05) is 28.5 Å². The number of sulfonamides is 2. The lowest BCUT2D eigenvalue weighted by molar-refractivity contribution is -0.116. The van der Waals surface area contributed by atoms with Crippen LogP contribution in [-0.2, 0) is 24.8 Å². The van der Waals surface area contributed by atoms with Crippen molar-refractivity contribution in [1.82, 2.24) is 0 Å². The number of halogens is 1. The third-order valence-electron chi connectivity index (χ3n) is 4.55. The molecule has 168 valence electrons. The number of carbonyl (C=O) groups excluding carboxylic acids is 1. The molecule has 1 N–H and O–H groups in total. The summed E-state index contributed by atoms with van der Waals surface area (Å²) in [5.74, 6) is -0.755. The Labute approximate surface area is 186 Å². The van der Waals surface area contributed by atoms with Crippen molar-refractivity contribution in [3.8, 4) is 11.5 Å². The zero-order valence-electron chi connectivity index (χ0n) is 17.0. The predicted octanol–water partition coefficient (Wildman–Crippen LogP) is 2.92. The molecule has 31 heavy (non-hydrogen) atoms. The maximum atomic E-state index is 13.2. The molecule has 1 saturated heterocycles. The smallest absolute Gasteiger partial charge is 0.265 e. The minimum Gasteiger partial charge on any atom is -0.495 e. The third-order valence-corrected chi connectivity index (χ3v) is 8.04. The maximum Gasteiger partial charge on any atom is 0.265 e. The number of methoxy groups -OCH3 is 1. The Hall–Kier alpha value is -2.50. The van der Waals surface area contributed by atoms with Crippen LogP contribution in [0.5, 0.6) is 11.5 Å². The molecule has 0 unspecified atom stereocenters. The van der Waals surface area contributed by atoms with Gasteiger partial charge in [0.1, 0.15) is 16.4 Å². The van der Waals surface area contributed by atoms with Crippen molar-refractivity contribution in [3.63, 3.8) is 0 Å².